The van der Waals surface area contributed by atoms with Gasteiger partial charge in [0.15, 0.2) is 0 Å². The number of aryl methyl sites for hydroxylation is 1. The third-order valence-corrected chi connectivity index (χ3v) is 3.21. The lowest BCUT2D eigenvalue weighted by atomic mass is 10.2. The largest absolute Gasteiger partial charge is 0.357 e. The second kappa shape index (κ2) is 5.35. The van der Waals surface area contributed by atoms with E-state index in [1.54, 1.807) is 0 Å². The number of carbonyl (C=O) groups is 1. The van der Waals surface area contributed by atoms with Crippen LogP contribution in [0, 0.1) is 5.82 Å². The Bertz CT molecular complexity index is 580. The second-order valence-corrected chi connectivity index (χ2v) is 4.85. The Labute approximate surface area is 113 Å². The van der Waals surface area contributed by atoms with Gasteiger partial charge < -0.3 is 9.88 Å². The summed E-state index contributed by atoms with van der Waals surface area (Å²) in [7, 11) is 1.91. The zero-order valence-electron chi connectivity index (χ0n) is 9.78. The van der Waals surface area contributed by atoms with Gasteiger partial charge in [-0.3, -0.25) is 4.79 Å². The van der Waals surface area contributed by atoms with E-state index in [-0.39, 0.29) is 5.91 Å². The summed E-state index contributed by atoms with van der Waals surface area (Å²) in [5, 5.41) is 2.75. The highest BCUT2D eigenvalue weighted by Gasteiger charge is 2.10. The van der Waals surface area contributed by atoms with E-state index in [1.165, 1.54) is 18.2 Å². The number of aromatic nitrogens is 1. The van der Waals surface area contributed by atoms with E-state index in [1.807, 2.05) is 30.1 Å². The maximum absolute atomic E-state index is 13.1. The highest BCUT2D eigenvalue weighted by atomic mass is 79.9. The molecule has 0 spiro atoms. The van der Waals surface area contributed by atoms with Gasteiger partial charge in [0.05, 0.1) is 5.56 Å². The summed E-state index contributed by atoms with van der Waals surface area (Å²) < 4.78 is 15.6. The van der Waals surface area contributed by atoms with Gasteiger partial charge in [-0.2, -0.15) is 0 Å². The van der Waals surface area contributed by atoms with Crippen LogP contribution in [-0.4, -0.2) is 10.5 Å². The van der Waals surface area contributed by atoms with Crippen molar-refractivity contribution in [1.29, 1.82) is 0 Å². The van der Waals surface area contributed by atoms with Crippen molar-refractivity contribution >= 4 is 21.8 Å². The van der Waals surface area contributed by atoms with Crippen molar-refractivity contribution in [3.63, 3.8) is 0 Å². The average Bonchev–Trinajstić information content (AvgIpc) is 2.75. The molecule has 0 aliphatic carbocycles. The normalized spacial score (nSPS) is 10.4. The molecule has 0 aliphatic rings. The molecule has 0 aliphatic heterocycles. The first-order valence-electron chi connectivity index (χ1n) is 5.40. The number of hydrogen-bond acceptors (Lipinski definition) is 1. The van der Waals surface area contributed by atoms with Gasteiger partial charge in [-0.15, -0.1) is 0 Å². The summed E-state index contributed by atoms with van der Waals surface area (Å²) in [6, 6.07) is 5.95. The average molecular weight is 311 g/mol. The molecule has 0 bridgehead atoms. The Morgan fingerprint density at radius 3 is 2.89 bits per heavy atom. The summed E-state index contributed by atoms with van der Waals surface area (Å²) in [5.41, 5.74) is 1.30. The van der Waals surface area contributed by atoms with Gasteiger partial charge in [0.1, 0.15) is 5.82 Å². The number of rotatable bonds is 3. The number of benzene rings is 1. The molecule has 18 heavy (non-hydrogen) atoms. The maximum atomic E-state index is 13.1. The predicted molar refractivity (Wildman–Crippen MR) is 70.7 cm³/mol. The topological polar surface area (TPSA) is 34.0 Å². The van der Waals surface area contributed by atoms with E-state index < -0.39 is 5.82 Å². The second-order valence-electron chi connectivity index (χ2n) is 3.99. The summed E-state index contributed by atoms with van der Waals surface area (Å²) >= 11 is 3.23. The minimum absolute atomic E-state index is 0.297. The third kappa shape index (κ3) is 2.98. The first-order valence-corrected chi connectivity index (χ1v) is 6.19. The molecule has 0 radical (unpaired) electrons. The van der Waals surface area contributed by atoms with Crippen LogP contribution in [0.2, 0.25) is 0 Å². The maximum Gasteiger partial charge on any atom is 0.252 e. The van der Waals surface area contributed by atoms with Crippen LogP contribution < -0.4 is 5.32 Å². The van der Waals surface area contributed by atoms with Gasteiger partial charge in [-0.1, -0.05) is 0 Å². The van der Waals surface area contributed by atoms with Crippen molar-refractivity contribution in [2.24, 2.45) is 7.05 Å². The van der Waals surface area contributed by atoms with E-state index in [0.29, 0.717) is 16.6 Å². The minimum Gasteiger partial charge on any atom is -0.357 e. The fourth-order valence-electron chi connectivity index (χ4n) is 1.61. The molecule has 0 unspecified atom stereocenters. The lowest BCUT2D eigenvalue weighted by Gasteiger charge is -2.06. The van der Waals surface area contributed by atoms with Gasteiger partial charge in [-0.05, 0) is 45.8 Å². The molecule has 1 aromatic carbocycles. The van der Waals surface area contributed by atoms with Crippen molar-refractivity contribution in [2.75, 3.05) is 0 Å². The first-order chi connectivity index (χ1) is 8.56. The van der Waals surface area contributed by atoms with Crippen molar-refractivity contribution in [3.8, 4) is 0 Å². The van der Waals surface area contributed by atoms with Crippen LogP contribution in [0.1, 0.15) is 15.9 Å². The number of hydrogen-bond donors (Lipinski definition) is 1. The Kier molecular flexibility index (Phi) is 3.81. The molecule has 1 heterocycles. The smallest absolute Gasteiger partial charge is 0.252 e. The van der Waals surface area contributed by atoms with Gasteiger partial charge >= 0.3 is 0 Å². The van der Waals surface area contributed by atoms with Crippen LogP contribution >= 0.6 is 15.9 Å². The molecule has 1 aromatic heterocycles. The lowest BCUT2D eigenvalue weighted by Crippen LogP contribution is -2.23. The number of nitrogens with zero attached hydrogens (tertiary/aromatic N) is 1. The molecule has 94 valence electrons. The predicted octanol–water partition coefficient (Wildman–Crippen LogP) is 2.86. The fraction of sp³-hybridized carbons (Fsp3) is 0.154. The Balaban J connectivity index is 2.05. The van der Waals surface area contributed by atoms with E-state index >= 15 is 0 Å². The van der Waals surface area contributed by atoms with E-state index in [2.05, 4.69) is 21.2 Å². The van der Waals surface area contributed by atoms with E-state index in [4.69, 9.17) is 0 Å². The highest BCUT2D eigenvalue weighted by Crippen LogP contribution is 2.17. The van der Waals surface area contributed by atoms with Crippen LogP contribution in [0.3, 0.4) is 0 Å². The number of carbonyl (C=O) groups excluding carboxylic acids is 1. The van der Waals surface area contributed by atoms with Gasteiger partial charge in [0.25, 0.3) is 5.91 Å². The quantitative estimate of drug-likeness (QED) is 0.929. The first kappa shape index (κ1) is 12.8. The van der Waals surface area contributed by atoms with Crippen molar-refractivity contribution in [2.45, 2.75) is 6.54 Å². The van der Waals surface area contributed by atoms with Crippen LogP contribution in [-0.2, 0) is 13.6 Å². The fourth-order valence-corrected chi connectivity index (χ4v) is 2.04. The van der Waals surface area contributed by atoms with Crippen LogP contribution in [0.25, 0.3) is 0 Å². The van der Waals surface area contributed by atoms with Crippen LogP contribution in [0.5, 0.6) is 0 Å². The zero-order valence-corrected chi connectivity index (χ0v) is 11.4. The molecular formula is C13H12BrFN2O. The molecule has 0 fully saturated rings. The monoisotopic (exact) mass is 310 g/mol. The molecule has 0 atom stereocenters. The summed E-state index contributed by atoms with van der Waals surface area (Å²) in [4.78, 5) is 11.9. The van der Waals surface area contributed by atoms with Crippen LogP contribution in [0.4, 0.5) is 4.39 Å². The van der Waals surface area contributed by atoms with Crippen molar-refractivity contribution in [3.05, 3.63) is 58.1 Å². The van der Waals surface area contributed by atoms with Gasteiger partial charge in [0, 0.05) is 30.5 Å². The molecule has 0 saturated heterocycles. The molecule has 5 heteroatoms. The highest BCUT2D eigenvalue weighted by molar-refractivity contribution is 9.10. The van der Waals surface area contributed by atoms with Crippen LogP contribution in [0.15, 0.2) is 41.1 Å². The zero-order chi connectivity index (χ0) is 13.1. The Morgan fingerprint density at radius 1 is 1.44 bits per heavy atom. The molecule has 2 aromatic rings. The number of nitrogens with one attached hydrogen (secondary N) is 1. The summed E-state index contributed by atoms with van der Waals surface area (Å²) in [6.07, 6.45) is 3.82. The SMILES string of the molecule is Cn1ccc(CNC(=O)c2cc(F)ccc2Br)c1. The molecule has 2 rings (SSSR count). The van der Waals surface area contributed by atoms with E-state index in [9.17, 15) is 9.18 Å². The molecular weight excluding hydrogens is 299 g/mol. The summed E-state index contributed by atoms with van der Waals surface area (Å²) in [5.74, 6) is -0.728. The molecule has 1 amide bonds. The standard InChI is InChI=1S/C13H12BrFN2O/c1-17-5-4-9(8-17)7-16-13(18)11-6-10(15)2-3-12(11)14/h2-6,8H,7H2,1H3,(H,16,18). The number of amides is 1. The van der Waals surface area contributed by atoms with Gasteiger partial charge in [-0.25, -0.2) is 4.39 Å². The number of halogens is 2. The Morgan fingerprint density at radius 2 is 2.22 bits per heavy atom. The Hall–Kier alpha value is -1.62. The van der Waals surface area contributed by atoms with E-state index in [0.717, 1.165) is 5.56 Å². The van der Waals surface area contributed by atoms with Crippen molar-refractivity contribution < 1.29 is 9.18 Å². The van der Waals surface area contributed by atoms with Gasteiger partial charge in [0.2, 0.25) is 0 Å². The molecule has 1 N–H and O–H groups in total. The van der Waals surface area contributed by atoms with Crippen molar-refractivity contribution in [1.82, 2.24) is 9.88 Å². The molecule has 0 saturated carbocycles. The molecule has 3 nitrogen and oxygen atoms in total. The summed E-state index contributed by atoms with van der Waals surface area (Å²) in [6.45, 7) is 0.419. The lowest BCUT2D eigenvalue weighted by molar-refractivity contribution is 0.0949. The third-order valence-electron chi connectivity index (χ3n) is 2.52. The minimum atomic E-state index is -0.428.